The van der Waals surface area contributed by atoms with Gasteiger partial charge in [0.25, 0.3) is 0 Å². The molecule has 0 radical (unpaired) electrons. The molecular formula is C12H15F3N2. The number of hydrogen-bond donors (Lipinski definition) is 2. The van der Waals surface area contributed by atoms with Crippen molar-refractivity contribution in [3.05, 3.63) is 29.8 Å². The predicted molar refractivity (Wildman–Crippen MR) is 60.5 cm³/mol. The van der Waals surface area contributed by atoms with Crippen molar-refractivity contribution in [3.8, 4) is 0 Å². The Morgan fingerprint density at radius 1 is 1.12 bits per heavy atom. The van der Waals surface area contributed by atoms with Crippen molar-refractivity contribution in [1.29, 1.82) is 0 Å². The molecule has 94 valence electrons. The Morgan fingerprint density at radius 2 is 1.82 bits per heavy atom. The molecule has 0 aliphatic heterocycles. The largest absolute Gasteiger partial charge is 0.416 e. The van der Waals surface area contributed by atoms with Gasteiger partial charge in [-0.05, 0) is 31.0 Å². The summed E-state index contributed by atoms with van der Waals surface area (Å²) in [6, 6.07) is 5.58. The van der Waals surface area contributed by atoms with E-state index in [4.69, 9.17) is 0 Å². The second-order valence-corrected chi connectivity index (χ2v) is 4.33. The van der Waals surface area contributed by atoms with Crippen LogP contribution in [0.1, 0.15) is 31.2 Å². The van der Waals surface area contributed by atoms with E-state index in [-0.39, 0.29) is 0 Å². The molecule has 1 aromatic rings. The van der Waals surface area contributed by atoms with E-state index in [1.165, 1.54) is 18.9 Å². The second-order valence-electron chi connectivity index (χ2n) is 4.33. The highest BCUT2D eigenvalue weighted by atomic mass is 19.4. The molecule has 17 heavy (non-hydrogen) atoms. The minimum absolute atomic E-state index is 0.365. The van der Waals surface area contributed by atoms with Crippen LogP contribution >= 0.6 is 0 Å². The van der Waals surface area contributed by atoms with Crippen molar-refractivity contribution in [3.63, 3.8) is 0 Å². The SMILES string of the molecule is FC(F)(F)c1cccc(NNC2CCCC2)c1. The van der Waals surface area contributed by atoms with Crippen LogP contribution in [0.25, 0.3) is 0 Å². The number of anilines is 1. The lowest BCUT2D eigenvalue weighted by atomic mass is 10.2. The number of halogens is 3. The van der Waals surface area contributed by atoms with Crippen LogP contribution in [-0.2, 0) is 6.18 Å². The molecule has 2 rings (SSSR count). The summed E-state index contributed by atoms with van der Waals surface area (Å²) in [5.74, 6) is 0. The molecular weight excluding hydrogens is 229 g/mol. The van der Waals surface area contributed by atoms with Crippen molar-refractivity contribution in [2.45, 2.75) is 37.9 Å². The standard InChI is InChI=1S/C12H15F3N2/c13-12(14,15)9-4-3-7-11(8-9)17-16-10-5-1-2-6-10/h3-4,7-8,10,16-17H,1-2,5-6H2. The molecule has 2 N–H and O–H groups in total. The van der Waals surface area contributed by atoms with E-state index < -0.39 is 11.7 Å². The van der Waals surface area contributed by atoms with Crippen molar-refractivity contribution in [2.75, 3.05) is 5.43 Å². The first-order valence-corrected chi connectivity index (χ1v) is 5.74. The van der Waals surface area contributed by atoms with Gasteiger partial charge in [-0.3, -0.25) is 0 Å². The van der Waals surface area contributed by atoms with Gasteiger partial charge in [0, 0.05) is 11.7 Å². The molecule has 0 spiro atoms. The van der Waals surface area contributed by atoms with Crippen LogP contribution in [0.5, 0.6) is 0 Å². The van der Waals surface area contributed by atoms with Gasteiger partial charge in [0.05, 0.1) is 5.56 Å². The van der Waals surface area contributed by atoms with Crippen LogP contribution < -0.4 is 10.9 Å². The molecule has 0 aromatic heterocycles. The summed E-state index contributed by atoms with van der Waals surface area (Å²) < 4.78 is 37.4. The predicted octanol–water partition coefficient (Wildman–Crippen LogP) is 3.56. The molecule has 0 heterocycles. The maximum absolute atomic E-state index is 12.5. The lowest BCUT2D eigenvalue weighted by molar-refractivity contribution is -0.137. The van der Waals surface area contributed by atoms with Gasteiger partial charge in [0.15, 0.2) is 0 Å². The fourth-order valence-electron chi connectivity index (χ4n) is 2.03. The molecule has 0 bridgehead atoms. The van der Waals surface area contributed by atoms with E-state index in [9.17, 15) is 13.2 Å². The summed E-state index contributed by atoms with van der Waals surface area (Å²) in [5, 5.41) is 0. The Kier molecular flexibility index (Phi) is 3.57. The topological polar surface area (TPSA) is 24.1 Å². The highest BCUT2D eigenvalue weighted by molar-refractivity contribution is 5.45. The monoisotopic (exact) mass is 244 g/mol. The molecule has 1 aromatic carbocycles. The van der Waals surface area contributed by atoms with E-state index in [1.54, 1.807) is 6.07 Å². The molecule has 5 heteroatoms. The summed E-state index contributed by atoms with van der Waals surface area (Å²) in [4.78, 5) is 0. The minimum Gasteiger partial charge on any atom is -0.321 e. The highest BCUT2D eigenvalue weighted by Gasteiger charge is 2.30. The Hall–Kier alpha value is -1.23. The number of hydrazine groups is 1. The lowest BCUT2D eigenvalue weighted by Gasteiger charge is -2.15. The van der Waals surface area contributed by atoms with Gasteiger partial charge in [-0.1, -0.05) is 18.9 Å². The van der Waals surface area contributed by atoms with Gasteiger partial charge in [0.1, 0.15) is 0 Å². The van der Waals surface area contributed by atoms with Gasteiger partial charge in [0.2, 0.25) is 0 Å². The average Bonchev–Trinajstić information content (AvgIpc) is 2.78. The van der Waals surface area contributed by atoms with Gasteiger partial charge < -0.3 is 5.43 Å². The van der Waals surface area contributed by atoms with Crippen LogP contribution in [0.15, 0.2) is 24.3 Å². The lowest BCUT2D eigenvalue weighted by Crippen LogP contribution is -2.31. The van der Waals surface area contributed by atoms with E-state index in [1.807, 2.05) is 0 Å². The van der Waals surface area contributed by atoms with Crippen molar-refractivity contribution in [1.82, 2.24) is 5.43 Å². The fraction of sp³-hybridized carbons (Fsp3) is 0.500. The molecule has 0 atom stereocenters. The third-order valence-electron chi connectivity index (χ3n) is 2.97. The third-order valence-corrected chi connectivity index (χ3v) is 2.97. The highest BCUT2D eigenvalue weighted by Crippen LogP contribution is 2.30. The van der Waals surface area contributed by atoms with E-state index >= 15 is 0 Å². The molecule has 2 nitrogen and oxygen atoms in total. The zero-order valence-electron chi connectivity index (χ0n) is 9.35. The van der Waals surface area contributed by atoms with E-state index in [0.29, 0.717) is 11.7 Å². The maximum atomic E-state index is 12.5. The van der Waals surface area contributed by atoms with Crippen molar-refractivity contribution >= 4 is 5.69 Å². The number of alkyl halides is 3. The van der Waals surface area contributed by atoms with Crippen LogP contribution in [-0.4, -0.2) is 6.04 Å². The molecule has 1 fully saturated rings. The quantitative estimate of drug-likeness (QED) is 0.794. The Labute approximate surface area is 98.2 Å². The van der Waals surface area contributed by atoms with E-state index in [2.05, 4.69) is 10.9 Å². The molecule has 0 saturated heterocycles. The van der Waals surface area contributed by atoms with Crippen LogP contribution in [0.4, 0.5) is 18.9 Å². The zero-order valence-corrected chi connectivity index (χ0v) is 9.35. The normalized spacial score (nSPS) is 17.4. The molecule has 0 amide bonds. The third kappa shape index (κ3) is 3.36. The average molecular weight is 244 g/mol. The number of nitrogens with one attached hydrogen (secondary N) is 2. The van der Waals surface area contributed by atoms with Gasteiger partial charge in [-0.25, -0.2) is 5.43 Å². The molecule has 1 aliphatic carbocycles. The first-order chi connectivity index (χ1) is 8.05. The number of rotatable bonds is 3. The number of benzene rings is 1. The summed E-state index contributed by atoms with van der Waals surface area (Å²) in [6.07, 6.45) is 0.229. The number of hydrogen-bond acceptors (Lipinski definition) is 2. The molecule has 1 aliphatic rings. The summed E-state index contributed by atoms with van der Waals surface area (Å²) in [6.45, 7) is 0. The Bertz CT molecular complexity index is 370. The summed E-state index contributed by atoms with van der Waals surface area (Å²) in [5.41, 5.74) is 5.73. The first-order valence-electron chi connectivity index (χ1n) is 5.74. The van der Waals surface area contributed by atoms with E-state index in [0.717, 1.165) is 25.0 Å². The molecule has 0 unspecified atom stereocenters. The van der Waals surface area contributed by atoms with Crippen LogP contribution in [0.2, 0.25) is 0 Å². The smallest absolute Gasteiger partial charge is 0.321 e. The summed E-state index contributed by atoms with van der Waals surface area (Å²) in [7, 11) is 0. The summed E-state index contributed by atoms with van der Waals surface area (Å²) >= 11 is 0. The van der Waals surface area contributed by atoms with Crippen LogP contribution in [0, 0.1) is 0 Å². The minimum atomic E-state index is -4.29. The molecule has 1 saturated carbocycles. The zero-order chi connectivity index (χ0) is 12.3. The van der Waals surface area contributed by atoms with Gasteiger partial charge >= 0.3 is 6.18 Å². The second kappa shape index (κ2) is 4.96. The Morgan fingerprint density at radius 3 is 2.47 bits per heavy atom. The maximum Gasteiger partial charge on any atom is 0.416 e. The Balaban J connectivity index is 1.96. The van der Waals surface area contributed by atoms with Gasteiger partial charge in [-0.15, -0.1) is 0 Å². The fourth-order valence-corrected chi connectivity index (χ4v) is 2.03. The van der Waals surface area contributed by atoms with Crippen LogP contribution in [0.3, 0.4) is 0 Å². The van der Waals surface area contributed by atoms with Crippen molar-refractivity contribution < 1.29 is 13.2 Å². The first kappa shape index (κ1) is 12.2. The van der Waals surface area contributed by atoms with Gasteiger partial charge in [-0.2, -0.15) is 13.2 Å². The van der Waals surface area contributed by atoms with Crippen molar-refractivity contribution in [2.24, 2.45) is 0 Å².